The van der Waals surface area contributed by atoms with Crippen LogP contribution in [0.15, 0.2) is 0 Å². The molecule has 0 aromatic carbocycles. The van der Waals surface area contributed by atoms with Gasteiger partial charge in [0.1, 0.15) is 18.3 Å². The van der Waals surface area contributed by atoms with Crippen molar-refractivity contribution in [2.45, 2.75) is 57.0 Å². The molecular weight excluding hydrogens is 226 g/mol. The van der Waals surface area contributed by atoms with Gasteiger partial charge in [-0.1, -0.05) is 0 Å². The van der Waals surface area contributed by atoms with Crippen molar-refractivity contribution in [3.05, 3.63) is 0 Å². The fraction of sp³-hybridized carbons (Fsp3) is 1.00. The first-order chi connectivity index (χ1) is 7.76. The van der Waals surface area contributed by atoms with Crippen LogP contribution in [0.25, 0.3) is 0 Å². The predicted octanol–water partition coefficient (Wildman–Crippen LogP) is -0.778. The Hall–Kier alpha value is -0.240. The second kappa shape index (κ2) is 5.60. The number of rotatable bonds is 4. The smallest absolute Gasteiger partial charge is 0.186 e. The lowest BCUT2D eigenvalue weighted by molar-refractivity contribution is -0.155. The quantitative estimate of drug-likeness (QED) is 0.605. The largest absolute Gasteiger partial charge is 0.387 e. The summed E-state index contributed by atoms with van der Waals surface area (Å²) in [6.07, 6.45) is -3.66. The molecule has 0 aliphatic carbocycles. The van der Waals surface area contributed by atoms with Gasteiger partial charge in [0.25, 0.3) is 0 Å². The van der Waals surface area contributed by atoms with E-state index in [0.29, 0.717) is 0 Å². The van der Waals surface area contributed by atoms with Crippen LogP contribution in [0.2, 0.25) is 0 Å². The summed E-state index contributed by atoms with van der Waals surface area (Å²) in [7, 11) is 1.40. The van der Waals surface area contributed by atoms with Crippen LogP contribution in [-0.2, 0) is 14.2 Å². The molecule has 0 amide bonds. The van der Waals surface area contributed by atoms with E-state index in [2.05, 4.69) is 0 Å². The molecule has 0 spiro atoms. The van der Waals surface area contributed by atoms with E-state index in [1.807, 2.05) is 20.8 Å². The lowest BCUT2D eigenvalue weighted by Crippen LogP contribution is -2.47. The van der Waals surface area contributed by atoms with Crippen molar-refractivity contribution in [2.24, 2.45) is 5.73 Å². The highest BCUT2D eigenvalue weighted by atomic mass is 16.7. The van der Waals surface area contributed by atoms with Gasteiger partial charge in [0.15, 0.2) is 6.29 Å². The minimum atomic E-state index is -1.08. The molecule has 0 saturated carbocycles. The van der Waals surface area contributed by atoms with Crippen LogP contribution >= 0.6 is 0 Å². The second-order valence-corrected chi connectivity index (χ2v) is 5.27. The maximum absolute atomic E-state index is 9.77. The summed E-state index contributed by atoms with van der Waals surface area (Å²) < 4.78 is 15.7. The normalized spacial score (nSPS) is 36.2. The Bertz CT molecular complexity index is 243. The first-order valence-electron chi connectivity index (χ1n) is 5.70. The maximum Gasteiger partial charge on any atom is 0.186 e. The Balaban J connectivity index is 2.50. The van der Waals surface area contributed by atoms with Gasteiger partial charge in [0.05, 0.1) is 18.2 Å². The molecule has 102 valence electrons. The molecule has 0 aromatic heterocycles. The van der Waals surface area contributed by atoms with Gasteiger partial charge in [-0.15, -0.1) is 0 Å². The van der Waals surface area contributed by atoms with E-state index < -0.39 is 30.6 Å². The average Bonchev–Trinajstić information content (AvgIpc) is 2.52. The third-order valence-corrected chi connectivity index (χ3v) is 2.62. The summed E-state index contributed by atoms with van der Waals surface area (Å²) in [5.41, 5.74) is 5.57. The topological polar surface area (TPSA) is 94.2 Å². The van der Waals surface area contributed by atoms with Crippen molar-refractivity contribution < 1.29 is 24.4 Å². The molecule has 0 bridgehead atoms. The van der Waals surface area contributed by atoms with Crippen molar-refractivity contribution in [1.82, 2.24) is 0 Å². The molecule has 1 aliphatic rings. The molecule has 4 N–H and O–H groups in total. The molecule has 1 saturated heterocycles. The van der Waals surface area contributed by atoms with Gasteiger partial charge in [0, 0.05) is 7.11 Å². The van der Waals surface area contributed by atoms with Gasteiger partial charge in [-0.05, 0) is 20.8 Å². The van der Waals surface area contributed by atoms with Gasteiger partial charge in [-0.3, -0.25) is 0 Å². The molecular formula is C11H23NO5. The van der Waals surface area contributed by atoms with Gasteiger partial charge >= 0.3 is 0 Å². The first kappa shape index (κ1) is 14.8. The van der Waals surface area contributed by atoms with E-state index in [-0.39, 0.29) is 12.2 Å². The van der Waals surface area contributed by atoms with Crippen LogP contribution in [0.3, 0.4) is 0 Å². The minimum Gasteiger partial charge on any atom is -0.387 e. The molecule has 0 aromatic rings. The van der Waals surface area contributed by atoms with E-state index in [4.69, 9.17) is 19.9 Å². The highest BCUT2D eigenvalue weighted by Crippen LogP contribution is 2.24. The molecule has 0 radical (unpaired) electrons. The van der Waals surface area contributed by atoms with Crippen molar-refractivity contribution in [3.63, 3.8) is 0 Å². The SMILES string of the molecule is COC1OC(C(N)COC(C)(C)C)C(O)C1O. The third-order valence-electron chi connectivity index (χ3n) is 2.62. The minimum absolute atomic E-state index is 0.244. The molecule has 17 heavy (non-hydrogen) atoms. The molecule has 5 unspecified atom stereocenters. The van der Waals surface area contributed by atoms with Crippen molar-refractivity contribution in [3.8, 4) is 0 Å². The van der Waals surface area contributed by atoms with E-state index in [1.165, 1.54) is 7.11 Å². The lowest BCUT2D eigenvalue weighted by atomic mass is 10.0. The Labute approximate surface area is 102 Å². The zero-order chi connectivity index (χ0) is 13.2. The van der Waals surface area contributed by atoms with Crippen LogP contribution in [-0.4, -0.2) is 60.2 Å². The molecule has 1 aliphatic heterocycles. The predicted molar refractivity (Wildman–Crippen MR) is 61.4 cm³/mol. The van der Waals surface area contributed by atoms with E-state index in [0.717, 1.165) is 0 Å². The summed E-state index contributed by atoms with van der Waals surface area (Å²) in [6, 6.07) is -0.515. The maximum atomic E-state index is 9.77. The van der Waals surface area contributed by atoms with Crippen LogP contribution in [0.1, 0.15) is 20.8 Å². The fourth-order valence-electron chi connectivity index (χ4n) is 1.66. The molecule has 5 atom stereocenters. The highest BCUT2D eigenvalue weighted by molar-refractivity contribution is 4.92. The van der Waals surface area contributed by atoms with E-state index >= 15 is 0 Å². The summed E-state index contributed by atoms with van der Waals surface area (Å²) >= 11 is 0. The van der Waals surface area contributed by atoms with Crippen LogP contribution in [0, 0.1) is 0 Å². The zero-order valence-corrected chi connectivity index (χ0v) is 10.8. The molecule has 1 rings (SSSR count). The Morgan fingerprint density at radius 2 is 1.88 bits per heavy atom. The Morgan fingerprint density at radius 1 is 1.29 bits per heavy atom. The number of hydrogen-bond acceptors (Lipinski definition) is 6. The highest BCUT2D eigenvalue weighted by Gasteiger charge is 2.45. The van der Waals surface area contributed by atoms with Gasteiger partial charge in [0.2, 0.25) is 0 Å². The van der Waals surface area contributed by atoms with Gasteiger partial charge in [-0.2, -0.15) is 0 Å². The summed E-state index contributed by atoms with van der Waals surface area (Å²) in [5, 5.41) is 19.4. The van der Waals surface area contributed by atoms with E-state index in [9.17, 15) is 10.2 Å². The molecule has 1 heterocycles. The number of methoxy groups -OCH3 is 1. The first-order valence-corrected chi connectivity index (χ1v) is 5.70. The van der Waals surface area contributed by atoms with Crippen LogP contribution in [0.5, 0.6) is 0 Å². The fourth-order valence-corrected chi connectivity index (χ4v) is 1.66. The summed E-state index contributed by atoms with van der Waals surface area (Å²) in [4.78, 5) is 0. The second-order valence-electron chi connectivity index (χ2n) is 5.27. The number of ether oxygens (including phenoxy) is 3. The molecule has 6 heteroatoms. The van der Waals surface area contributed by atoms with Gasteiger partial charge < -0.3 is 30.2 Å². The van der Waals surface area contributed by atoms with Crippen LogP contribution in [0.4, 0.5) is 0 Å². The Morgan fingerprint density at radius 3 is 2.29 bits per heavy atom. The Kier molecular flexibility index (Phi) is 4.88. The van der Waals surface area contributed by atoms with E-state index in [1.54, 1.807) is 0 Å². The standard InChI is InChI=1S/C11H23NO5/c1-11(2,3)16-5-6(12)9-7(13)8(14)10(15-4)17-9/h6-10,13-14H,5,12H2,1-4H3. The number of aliphatic hydroxyl groups excluding tert-OH is 2. The number of nitrogens with two attached hydrogens (primary N) is 1. The summed E-state index contributed by atoms with van der Waals surface area (Å²) in [6.45, 7) is 5.99. The van der Waals surface area contributed by atoms with Crippen molar-refractivity contribution in [2.75, 3.05) is 13.7 Å². The zero-order valence-electron chi connectivity index (χ0n) is 10.8. The van der Waals surface area contributed by atoms with Gasteiger partial charge in [-0.25, -0.2) is 0 Å². The third kappa shape index (κ3) is 3.87. The lowest BCUT2D eigenvalue weighted by Gasteiger charge is -2.26. The van der Waals surface area contributed by atoms with Crippen LogP contribution < -0.4 is 5.73 Å². The van der Waals surface area contributed by atoms with Crippen molar-refractivity contribution in [1.29, 1.82) is 0 Å². The van der Waals surface area contributed by atoms with Crippen molar-refractivity contribution >= 4 is 0 Å². The average molecular weight is 249 g/mol. The summed E-state index contributed by atoms with van der Waals surface area (Å²) in [5.74, 6) is 0. The molecule has 1 fully saturated rings. The number of hydrogen-bond donors (Lipinski definition) is 3. The number of aliphatic hydroxyl groups is 2. The molecule has 6 nitrogen and oxygen atoms in total. The monoisotopic (exact) mass is 249 g/mol.